The lowest BCUT2D eigenvalue weighted by Gasteiger charge is -2.17. The zero-order chi connectivity index (χ0) is 14.0. The highest BCUT2D eigenvalue weighted by molar-refractivity contribution is 9.11. The Morgan fingerprint density at radius 3 is 2.47 bits per heavy atom. The fraction of sp³-hybridized carbons (Fsp3) is 0.167. The van der Waals surface area contributed by atoms with Gasteiger partial charge in [0.15, 0.2) is 0 Å². The summed E-state index contributed by atoms with van der Waals surface area (Å²) < 4.78 is 39.0. The predicted molar refractivity (Wildman–Crippen MR) is 72.6 cm³/mol. The van der Waals surface area contributed by atoms with Crippen LogP contribution in [0.4, 0.5) is 13.2 Å². The van der Waals surface area contributed by atoms with Gasteiger partial charge in [-0.1, -0.05) is 12.1 Å². The predicted octanol–water partition coefficient (Wildman–Crippen LogP) is 4.08. The molecular weight excluding hydrogens is 341 g/mol. The average Bonchev–Trinajstić information content (AvgIpc) is 2.76. The molecule has 2 nitrogen and oxygen atoms in total. The molecule has 0 amide bonds. The van der Waals surface area contributed by atoms with Crippen molar-refractivity contribution >= 4 is 27.3 Å². The van der Waals surface area contributed by atoms with Crippen LogP contribution in [0.15, 0.2) is 39.5 Å². The van der Waals surface area contributed by atoms with E-state index in [1.54, 1.807) is 6.07 Å². The number of hydrogen-bond acceptors (Lipinski definition) is 3. The van der Waals surface area contributed by atoms with Crippen LogP contribution in [0, 0.1) is 0 Å². The fourth-order valence-corrected chi connectivity index (χ4v) is 2.96. The first-order valence-corrected chi connectivity index (χ1v) is 6.96. The summed E-state index contributed by atoms with van der Waals surface area (Å²) in [7, 11) is 0. The first-order valence-electron chi connectivity index (χ1n) is 5.29. The molecule has 2 rings (SSSR count). The summed E-state index contributed by atoms with van der Waals surface area (Å²) in [5.41, 5.74) is 3.16. The van der Waals surface area contributed by atoms with Crippen molar-refractivity contribution in [1.29, 1.82) is 0 Å². The third-order valence-corrected chi connectivity index (χ3v) is 4.16. The van der Waals surface area contributed by atoms with Crippen molar-refractivity contribution in [1.82, 2.24) is 5.43 Å². The minimum atomic E-state index is -4.36. The van der Waals surface area contributed by atoms with E-state index in [0.717, 1.165) is 21.5 Å². The molecule has 0 aliphatic carbocycles. The number of thiophene rings is 1. The molecule has 0 radical (unpaired) electrons. The Kier molecular flexibility index (Phi) is 4.29. The van der Waals surface area contributed by atoms with Crippen molar-refractivity contribution in [2.75, 3.05) is 0 Å². The van der Waals surface area contributed by atoms with Crippen LogP contribution in [-0.4, -0.2) is 0 Å². The Morgan fingerprint density at radius 2 is 1.95 bits per heavy atom. The number of halogens is 4. The quantitative estimate of drug-likeness (QED) is 0.646. The summed E-state index contributed by atoms with van der Waals surface area (Å²) in [5.74, 6) is 5.46. The van der Waals surface area contributed by atoms with Crippen molar-refractivity contribution in [3.63, 3.8) is 0 Å². The molecule has 0 saturated heterocycles. The summed E-state index contributed by atoms with van der Waals surface area (Å²) >= 11 is 4.77. The number of benzene rings is 1. The first-order chi connectivity index (χ1) is 8.91. The van der Waals surface area contributed by atoms with E-state index >= 15 is 0 Å². The number of nitrogens with one attached hydrogen (secondary N) is 1. The van der Waals surface area contributed by atoms with Crippen molar-refractivity contribution in [2.45, 2.75) is 12.2 Å². The highest BCUT2D eigenvalue weighted by Gasteiger charge is 2.31. The van der Waals surface area contributed by atoms with Gasteiger partial charge < -0.3 is 0 Å². The van der Waals surface area contributed by atoms with Gasteiger partial charge >= 0.3 is 6.18 Å². The largest absolute Gasteiger partial charge is 0.416 e. The van der Waals surface area contributed by atoms with Crippen LogP contribution in [-0.2, 0) is 6.18 Å². The second kappa shape index (κ2) is 5.62. The minimum Gasteiger partial charge on any atom is -0.271 e. The summed E-state index contributed by atoms with van der Waals surface area (Å²) in [5, 5.41) is 1.84. The molecule has 19 heavy (non-hydrogen) atoms. The van der Waals surface area contributed by atoms with Gasteiger partial charge in [-0.15, -0.1) is 11.3 Å². The third kappa shape index (κ3) is 3.36. The van der Waals surface area contributed by atoms with Crippen LogP contribution in [0.3, 0.4) is 0 Å². The van der Waals surface area contributed by atoms with Crippen molar-refractivity contribution < 1.29 is 13.2 Å². The van der Waals surface area contributed by atoms with E-state index in [9.17, 15) is 13.2 Å². The lowest BCUT2D eigenvalue weighted by atomic mass is 10.00. The fourth-order valence-electron chi connectivity index (χ4n) is 1.75. The molecule has 0 fully saturated rings. The highest BCUT2D eigenvalue weighted by atomic mass is 79.9. The Bertz CT molecular complexity index is 568. The molecule has 1 atom stereocenters. The van der Waals surface area contributed by atoms with E-state index in [-0.39, 0.29) is 0 Å². The van der Waals surface area contributed by atoms with E-state index in [1.807, 2.05) is 11.4 Å². The molecule has 3 N–H and O–H groups in total. The van der Waals surface area contributed by atoms with Crippen molar-refractivity contribution in [3.05, 3.63) is 56.2 Å². The topological polar surface area (TPSA) is 38.0 Å². The first kappa shape index (κ1) is 14.5. The van der Waals surface area contributed by atoms with Gasteiger partial charge in [-0.05, 0) is 50.6 Å². The van der Waals surface area contributed by atoms with E-state index < -0.39 is 17.8 Å². The maximum Gasteiger partial charge on any atom is 0.416 e. The molecule has 0 bridgehead atoms. The molecule has 0 saturated carbocycles. The van der Waals surface area contributed by atoms with Crippen LogP contribution in [0.5, 0.6) is 0 Å². The summed E-state index contributed by atoms with van der Waals surface area (Å²) in [6.45, 7) is 0. The van der Waals surface area contributed by atoms with Crippen LogP contribution in [0.2, 0.25) is 0 Å². The van der Waals surface area contributed by atoms with Gasteiger partial charge in [0.2, 0.25) is 0 Å². The second-order valence-corrected chi connectivity index (χ2v) is 6.20. The Hall–Kier alpha value is -0.890. The van der Waals surface area contributed by atoms with Gasteiger partial charge in [0.05, 0.1) is 15.4 Å². The Balaban J connectivity index is 2.39. The van der Waals surface area contributed by atoms with Crippen LogP contribution in [0.25, 0.3) is 0 Å². The van der Waals surface area contributed by atoms with Gasteiger partial charge in [-0.3, -0.25) is 5.84 Å². The zero-order valence-corrected chi connectivity index (χ0v) is 11.9. The Morgan fingerprint density at radius 1 is 1.21 bits per heavy atom. The molecule has 1 aromatic carbocycles. The molecule has 0 spiro atoms. The lowest BCUT2D eigenvalue weighted by molar-refractivity contribution is -0.137. The van der Waals surface area contributed by atoms with Crippen molar-refractivity contribution in [2.24, 2.45) is 5.84 Å². The van der Waals surface area contributed by atoms with Gasteiger partial charge in [-0.2, -0.15) is 13.2 Å². The summed E-state index contributed by atoms with van der Waals surface area (Å²) in [6, 6.07) is 6.51. The number of rotatable bonds is 3. The van der Waals surface area contributed by atoms with Gasteiger partial charge in [0.1, 0.15) is 0 Å². The number of hydrogen-bond donors (Lipinski definition) is 2. The standard InChI is InChI=1S/C12H10BrF3N2S/c13-10-5-8(6-19-10)11(18-17)7-2-1-3-9(4-7)12(14,15)16/h1-6,11,18H,17H2. The molecular formula is C12H10BrF3N2S. The van der Waals surface area contributed by atoms with Gasteiger partial charge in [0, 0.05) is 0 Å². The lowest BCUT2D eigenvalue weighted by Crippen LogP contribution is -2.28. The maximum atomic E-state index is 12.7. The normalized spacial score (nSPS) is 13.5. The van der Waals surface area contributed by atoms with Crippen LogP contribution < -0.4 is 11.3 Å². The third-order valence-electron chi connectivity index (χ3n) is 2.64. The molecule has 1 heterocycles. The molecule has 1 aromatic heterocycles. The summed E-state index contributed by atoms with van der Waals surface area (Å²) in [4.78, 5) is 0. The van der Waals surface area contributed by atoms with E-state index in [0.29, 0.717) is 5.56 Å². The maximum absolute atomic E-state index is 12.7. The van der Waals surface area contributed by atoms with Gasteiger partial charge in [-0.25, -0.2) is 5.43 Å². The molecule has 7 heteroatoms. The Labute approximate surface area is 120 Å². The van der Waals surface area contributed by atoms with E-state index in [1.165, 1.54) is 17.4 Å². The number of hydrazine groups is 1. The van der Waals surface area contributed by atoms with E-state index in [2.05, 4.69) is 21.4 Å². The number of alkyl halides is 3. The smallest absolute Gasteiger partial charge is 0.271 e. The molecule has 0 aliphatic rings. The molecule has 1 unspecified atom stereocenters. The van der Waals surface area contributed by atoms with Crippen LogP contribution >= 0.6 is 27.3 Å². The van der Waals surface area contributed by atoms with Crippen molar-refractivity contribution in [3.8, 4) is 0 Å². The SMILES string of the molecule is NNC(c1cccc(C(F)(F)F)c1)c1csc(Br)c1. The van der Waals surface area contributed by atoms with Gasteiger partial charge in [0.25, 0.3) is 0 Å². The second-order valence-electron chi connectivity index (χ2n) is 3.91. The summed E-state index contributed by atoms with van der Waals surface area (Å²) in [6.07, 6.45) is -4.36. The molecule has 2 aromatic rings. The molecule has 0 aliphatic heterocycles. The van der Waals surface area contributed by atoms with Crippen LogP contribution in [0.1, 0.15) is 22.7 Å². The molecule has 102 valence electrons. The van der Waals surface area contributed by atoms with E-state index in [4.69, 9.17) is 5.84 Å². The average molecular weight is 351 g/mol. The monoisotopic (exact) mass is 350 g/mol. The number of nitrogens with two attached hydrogens (primary N) is 1. The highest BCUT2D eigenvalue weighted by Crippen LogP contribution is 2.33. The minimum absolute atomic E-state index is 0.468. The zero-order valence-electron chi connectivity index (χ0n) is 9.54.